The van der Waals surface area contributed by atoms with Crippen LogP contribution in [0.25, 0.3) is 22.0 Å². The van der Waals surface area contributed by atoms with Crippen LogP contribution in [0.4, 0.5) is 0 Å². The molecule has 3 rings (SSSR count). The molecule has 1 unspecified atom stereocenters. The molecule has 1 radical (unpaired) electrons. The minimum Gasteiger partial charge on any atom is -0.396 e. The van der Waals surface area contributed by atoms with Gasteiger partial charge < -0.3 is 17.0 Å². The van der Waals surface area contributed by atoms with E-state index in [2.05, 4.69) is 82.1 Å². The maximum atomic E-state index is 8.87. The average Bonchev–Trinajstić information content (AvgIpc) is 2.65. The monoisotopic (exact) mass is 568 g/mol. The summed E-state index contributed by atoms with van der Waals surface area (Å²) in [6.07, 6.45) is 2.31. The van der Waals surface area contributed by atoms with Gasteiger partial charge in [-0.3, -0.25) is 0 Å². The van der Waals surface area contributed by atoms with E-state index in [0.717, 1.165) is 16.8 Å². The van der Waals surface area contributed by atoms with Gasteiger partial charge in [-0.05, 0) is 39.9 Å². The van der Waals surface area contributed by atoms with Crippen LogP contribution in [0.5, 0.6) is 0 Å². The van der Waals surface area contributed by atoms with Crippen molar-refractivity contribution in [3.05, 3.63) is 72.3 Å². The normalized spacial score (nSPS) is 11.8. The van der Waals surface area contributed by atoms with Gasteiger partial charge in [0, 0.05) is 32.4 Å². The van der Waals surface area contributed by atoms with Crippen LogP contribution in [0.1, 0.15) is 56.7 Å². The summed E-state index contributed by atoms with van der Waals surface area (Å²) in [7, 11) is 0. The van der Waals surface area contributed by atoms with Gasteiger partial charge in [0.1, 0.15) is 0 Å². The molecule has 0 bridgehead atoms. The van der Waals surface area contributed by atoms with Crippen molar-refractivity contribution < 1.29 is 25.2 Å². The number of aromatic nitrogens is 1. The summed E-state index contributed by atoms with van der Waals surface area (Å²) in [5, 5.41) is 11.3. The van der Waals surface area contributed by atoms with Gasteiger partial charge in [0.25, 0.3) is 0 Å². The molecule has 0 fully saturated rings. The second kappa shape index (κ2) is 11.6. The second-order valence-corrected chi connectivity index (χ2v) is 8.15. The van der Waals surface area contributed by atoms with Crippen molar-refractivity contribution >= 4 is 10.8 Å². The molecular weight excluding hydrogens is 535 g/mol. The van der Waals surface area contributed by atoms with Crippen LogP contribution >= 0.6 is 0 Å². The van der Waals surface area contributed by atoms with Gasteiger partial charge in [0.2, 0.25) is 0 Å². The van der Waals surface area contributed by atoms with E-state index in [9.17, 15) is 0 Å². The number of nitrogens with zero attached hydrogens (tertiary/aromatic N) is 1. The summed E-state index contributed by atoms with van der Waals surface area (Å²) in [5.41, 5.74) is 5.87. The van der Waals surface area contributed by atoms with E-state index in [1.807, 2.05) is 20.0 Å². The summed E-state index contributed by atoms with van der Waals surface area (Å²) < 4.78 is 0. The Morgan fingerprint density at radius 1 is 1.03 bits per heavy atom. The van der Waals surface area contributed by atoms with E-state index in [0.29, 0.717) is 18.3 Å². The number of fused-ring (bicyclic) bond motifs is 1. The second-order valence-electron chi connectivity index (χ2n) is 8.15. The van der Waals surface area contributed by atoms with Gasteiger partial charge in [-0.1, -0.05) is 59.7 Å². The van der Waals surface area contributed by atoms with Crippen LogP contribution in [0.3, 0.4) is 0 Å². The van der Waals surface area contributed by atoms with Crippen LogP contribution in [-0.4, -0.2) is 16.2 Å². The maximum absolute atomic E-state index is 8.87. The van der Waals surface area contributed by atoms with E-state index >= 15 is 0 Å². The minimum absolute atomic E-state index is 0. The van der Waals surface area contributed by atoms with E-state index in [4.69, 9.17) is 5.11 Å². The number of rotatable bonds is 4. The van der Waals surface area contributed by atoms with Gasteiger partial charge in [-0.2, -0.15) is 6.42 Å². The Morgan fingerprint density at radius 2 is 1.72 bits per heavy atom. The van der Waals surface area contributed by atoms with Crippen LogP contribution in [-0.2, 0) is 20.1 Å². The zero-order valence-corrected chi connectivity index (χ0v) is 20.8. The molecule has 2 nitrogen and oxygen atoms in total. The summed E-state index contributed by atoms with van der Waals surface area (Å²) >= 11 is 0. The van der Waals surface area contributed by atoms with Crippen molar-refractivity contribution in [2.24, 2.45) is 5.92 Å². The third kappa shape index (κ3) is 7.03. The number of aliphatic hydroxyl groups excluding tert-OH is 1. The largest absolute Gasteiger partial charge is 0.396 e. The first-order valence-electron chi connectivity index (χ1n) is 10.1. The molecule has 3 heteroatoms. The third-order valence-electron chi connectivity index (χ3n) is 4.92. The molecule has 0 aliphatic rings. The predicted octanol–water partition coefficient (Wildman–Crippen LogP) is 6.67. The molecule has 0 spiro atoms. The quantitative estimate of drug-likeness (QED) is 0.358. The number of aliphatic hydroxyl groups is 1. The molecule has 1 N–H and O–H groups in total. The van der Waals surface area contributed by atoms with Gasteiger partial charge in [0.05, 0.1) is 0 Å². The van der Waals surface area contributed by atoms with E-state index < -0.39 is 0 Å². The molecular formula is C26H33IrNO-2. The maximum Gasteiger partial charge on any atom is 0.0292 e. The van der Waals surface area contributed by atoms with E-state index in [1.54, 1.807) is 0 Å². The summed E-state index contributed by atoms with van der Waals surface area (Å²) in [4.78, 5) is 4.60. The van der Waals surface area contributed by atoms with Crippen LogP contribution in [0.15, 0.2) is 42.6 Å². The first-order chi connectivity index (χ1) is 13.2. The summed E-state index contributed by atoms with van der Waals surface area (Å²) in [6.45, 7) is 16.2. The average molecular weight is 568 g/mol. The smallest absolute Gasteiger partial charge is 0.0292 e. The third-order valence-corrected chi connectivity index (χ3v) is 4.92. The van der Waals surface area contributed by atoms with Gasteiger partial charge >= 0.3 is 0 Å². The summed E-state index contributed by atoms with van der Waals surface area (Å²) in [6, 6.07) is 16.5. The summed E-state index contributed by atoms with van der Waals surface area (Å²) in [5.74, 6) is 0.899. The molecule has 0 saturated heterocycles. The fourth-order valence-corrected chi connectivity index (χ4v) is 3.13. The fraction of sp³-hybridized carbons (Fsp3) is 0.385. The molecule has 0 aliphatic heterocycles. The molecule has 2 aromatic carbocycles. The zero-order valence-electron chi connectivity index (χ0n) is 18.4. The molecule has 29 heavy (non-hydrogen) atoms. The zero-order chi connectivity index (χ0) is 20.8. The SMILES string of the molecule is Cc1[c-]c(-c2nccc3cc(C(C)C)ccc23)cc(C)c1.[CH2-]CC(O)C(C)C.[Ir]. The van der Waals surface area contributed by atoms with Crippen LogP contribution in [0, 0.1) is 32.8 Å². The van der Waals surface area contributed by atoms with E-state index in [1.165, 1.54) is 21.9 Å². The van der Waals surface area contributed by atoms with Gasteiger partial charge in [0.15, 0.2) is 0 Å². The topological polar surface area (TPSA) is 33.1 Å². The van der Waals surface area contributed by atoms with Crippen molar-refractivity contribution in [2.45, 2.75) is 60.0 Å². The molecule has 159 valence electrons. The van der Waals surface area contributed by atoms with E-state index in [-0.39, 0.29) is 26.2 Å². The Morgan fingerprint density at radius 3 is 2.24 bits per heavy atom. The molecule has 1 aromatic heterocycles. The standard InChI is InChI=1S/C20H20N.C6H13O.Ir/c1-13(2)16-5-6-19-17(12-16)7-8-21-20(19)18-10-14(3)9-15(4)11-18;1-4-6(7)5(2)3;/h5-10,12-13H,1-4H3;5-7H,1,4H2,2-3H3;/q2*-1;. The first kappa shape index (κ1) is 25.5. The van der Waals surface area contributed by atoms with Crippen molar-refractivity contribution in [1.82, 2.24) is 4.98 Å². The number of pyridine rings is 1. The van der Waals surface area contributed by atoms with Gasteiger partial charge in [-0.25, -0.2) is 0 Å². The number of hydrogen-bond donors (Lipinski definition) is 1. The number of aryl methyl sites for hydroxylation is 2. The Balaban J connectivity index is 0.000000456. The molecule has 1 heterocycles. The Bertz CT molecular complexity index is 897. The number of benzene rings is 2. The van der Waals surface area contributed by atoms with Crippen molar-refractivity contribution in [3.63, 3.8) is 0 Å². The Labute approximate surface area is 190 Å². The first-order valence-corrected chi connectivity index (χ1v) is 10.1. The molecule has 0 saturated carbocycles. The minimum atomic E-state index is -0.208. The molecule has 0 amide bonds. The molecule has 3 aromatic rings. The fourth-order valence-electron chi connectivity index (χ4n) is 3.13. The van der Waals surface area contributed by atoms with Crippen LogP contribution in [0.2, 0.25) is 0 Å². The Kier molecular flexibility index (Phi) is 10.2. The number of hydrogen-bond acceptors (Lipinski definition) is 2. The van der Waals surface area contributed by atoms with Crippen LogP contribution < -0.4 is 0 Å². The van der Waals surface area contributed by atoms with Crippen molar-refractivity contribution in [1.29, 1.82) is 0 Å². The van der Waals surface area contributed by atoms with Crippen molar-refractivity contribution in [3.8, 4) is 11.3 Å². The van der Waals surface area contributed by atoms with Gasteiger partial charge in [-0.15, -0.1) is 34.9 Å². The Hall–Kier alpha value is -1.54. The molecule has 0 aliphatic carbocycles. The predicted molar refractivity (Wildman–Crippen MR) is 120 cm³/mol. The molecule has 1 atom stereocenters. The van der Waals surface area contributed by atoms with Crippen molar-refractivity contribution in [2.75, 3.05) is 0 Å².